The van der Waals surface area contributed by atoms with Gasteiger partial charge in [0.15, 0.2) is 0 Å². The van der Waals surface area contributed by atoms with Crippen molar-refractivity contribution in [3.8, 4) is 0 Å². The van der Waals surface area contributed by atoms with E-state index in [9.17, 15) is 19.4 Å². The van der Waals surface area contributed by atoms with E-state index < -0.39 is 12.2 Å². The number of nitrogens with one attached hydrogen (secondary N) is 1. The molecule has 2 aliphatic rings. The van der Waals surface area contributed by atoms with Crippen LogP contribution in [0.5, 0.6) is 0 Å². The molecule has 1 amide bonds. The van der Waals surface area contributed by atoms with Crippen LogP contribution in [0.4, 0.5) is 4.39 Å². The Morgan fingerprint density at radius 2 is 2.04 bits per heavy atom. The van der Waals surface area contributed by atoms with Crippen LogP contribution < -0.4 is 5.32 Å². The molecule has 0 unspecified atom stereocenters. The third-order valence-corrected chi connectivity index (χ3v) is 5.50. The third kappa shape index (κ3) is 2.56. The molecule has 2 aromatic rings. The van der Waals surface area contributed by atoms with Gasteiger partial charge < -0.3 is 15.5 Å². The molecule has 0 aliphatic heterocycles. The molecular weight excluding hydrogens is 311 g/mol. The summed E-state index contributed by atoms with van der Waals surface area (Å²) in [6.45, 7) is 0.465. The fraction of sp³-hybridized carbons (Fsp3) is 0.444. The smallest absolute Gasteiger partial charge is 0.269 e. The van der Waals surface area contributed by atoms with Gasteiger partial charge in [-0.3, -0.25) is 9.78 Å². The molecule has 0 spiro atoms. The zero-order valence-electron chi connectivity index (χ0n) is 13.0. The molecule has 5 nitrogen and oxygen atoms in total. The number of rotatable bonds is 3. The summed E-state index contributed by atoms with van der Waals surface area (Å²) in [4.78, 5) is 16.4. The lowest BCUT2D eigenvalue weighted by Crippen LogP contribution is -2.41. The van der Waals surface area contributed by atoms with Crippen LogP contribution in [0, 0.1) is 23.6 Å². The Morgan fingerprint density at radius 3 is 2.79 bits per heavy atom. The van der Waals surface area contributed by atoms with Gasteiger partial charge in [-0.25, -0.2) is 4.39 Å². The largest absolute Gasteiger partial charge is 0.390 e. The zero-order chi connectivity index (χ0) is 16.8. The minimum Gasteiger partial charge on any atom is -0.390 e. The second kappa shape index (κ2) is 5.79. The Labute approximate surface area is 138 Å². The first-order valence-electron chi connectivity index (χ1n) is 8.22. The van der Waals surface area contributed by atoms with E-state index in [4.69, 9.17) is 0 Å². The minimum atomic E-state index is -0.681. The topological polar surface area (TPSA) is 82.5 Å². The molecule has 4 rings (SSSR count). The summed E-state index contributed by atoms with van der Waals surface area (Å²) in [7, 11) is 0. The van der Waals surface area contributed by atoms with Crippen molar-refractivity contribution in [1.29, 1.82) is 0 Å². The number of benzene rings is 1. The van der Waals surface area contributed by atoms with Gasteiger partial charge in [-0.2, -0.15) is 0 Å². The number of aromatic nitrogens is 1. The first-order valence-corrected chi connectivity index (χ1v) is 8.22. The van der Waals surface area contributed by atoms with E-state index in [0.29, 0.717) is 11.9 Å². The molecule has 6 heteroatoms. The molecule has 24 heavy (non-hydrogen) atoms. The van der Waals surface area contributed by atoms with Gasteiger partial charge in [0.05, 0.1) is 12.2 Å². The maximum atomic E-state index is 13.2. The monoisotopic (exact) mass is 330 g/mol. The maximum absolute atomic E-state index is 13.2. The van der Waals surface area contributed by atoms with Crippen molar-refractivity contribution in [3.63, 3.8) is 0 Å². The van der Waals surface area contributed by atoms with Crippen molar-refractivity contribution in [2.75, 3.05) is 6.54 Å². The number of nitrogens with zero attached hydrogens (tertiary/aromatic N) is 1. The van der Waals surface area contributed by atoms with Crippen molar-refractivity contribution in [2.24, 2.45) is 17.8 Å². The molecular formula is C18H19FN2O3. The number of hydrogen-bond acceptors (Lipinski definition) is 4. The van der Waals surface area contributed by atoms with Gasteiger partial charge in [0, 0.05) is 18.1 Å². The zero-order valence-corrected chi connectivity index (χ0v) is 13.0. The van der Waals surface area contributed by atoms with E-state index in [1.165, 1.54) is 18.3 Å². The van der Waals surface area contributed by atoms with Crippen molar-refractivity contribution in [2.45, 2.75) is 25.0 Å². The van der Waals surface area contributed by atoms with Gasteiger partial charge in [-0.15, -0.1) is 0 Å². The van der Waals surface area contributed by atoms with Crippen LogP contribution in [0.15, 0.2) is 30.5 Å². The number of amides is 1. The van der Waals surface area contributed by atoms with Crippen molar-refractivity contribution >= 4 is 16.7 Å². The number of aliphatic hydroxyl groups is 2. The summed E-state index contributed by atoms with van der Waals surface area (Å²) < 4.78 is 13.2. The van der Waals surface area contributed by atoms with E-state index in [0.717, 1.165) is 18.2 Å². The average Bonchev–Trinajstić information content (AvgIpc) is 3.12. The summed E-state index contributed by atoms with van der Waals surface area (Å²) in [6, 6.07) is 6.00. The SMILES string of the molecule is O=C(NC[C@H]1C[C@@H]2C[C@H]1[C@@H](O)[C@H]2O)c1cc2ccc(F)cc2cn1. The molecule has 0 saturated heterocycles. The fourth-order valence-electron chi connectivity index (χ4n) is 4.22. The highest BCUT2D eigenvalue weighted by molar-refractivity contribution is 5.96. The second-order valence-electron chi connectivity index (χ2n) is 6.91. The molecule has 3 N–H and O–H groups in total. The molecule has 2 saturated carbocycles. The molecule has 2 fully saturated rings. The molecule has 5 atom stereocenters. The van der Waals surface area contributed by atoms with Crippen LogP contribution in [0.2, 0.25) is 0 Å². The lowest BCUT2D eigenvalue weighted by atomic mass is 9.85. The van der Waals surface area contributed by atoms with Crippen molar-refractivity contribution in [1.82, 2.24) is 10.3 Å². The summed E-state index contributed by atoms with van der Waals surface area (Å²) in [5.74, 6) is -0.233. The molecule has 1 heterocycles. The van der Waals surface area contributed by atoms with Crippen LogP contribution in [-0.4, -0.2) is 39.9 Å². The average molecular weight is 330 g/mol. The number of carbonyl (C=O) groups excluding carboxylic acids is 1. The number of fused-ring (bicyclic) bond motifs is 3. The van der Waals surface area contributed by atoms with Gasteiger partial charge >= 0.3 is 0 Å². The lowest BCUT2D eigenvalue weighted by Gasteiger charge is -2.29. The lowest BCUT2D eigenvalue weighted by molar-refractivity contribution is -0.0332. The minimum absolute atomic E-state index is 0.0536. The van der Waals surface area contributed by atoms with Crippen molar-refractivity contribution < 1.29 is 19.4 Å². The summed E-state index contributed by atoms with van der Waals surface area (Å²) in [5.41, 5.74) is 0.290. The highest BCUT2D eigenvalue weighted by atomic mass is 19.1. The summed E-state index contributed by atoms with van der Waals surface area (Å²) >= 11 is 0. The number of halogens is 1. The molecule has 2 bridgehead atoms. The van der Waals surface area contributed by atoms with Gasteiger partial charge in [-0.1, -0.05) is 6.07 Å². The molecule has 126 valence electrons. The predicted molar refractivity (Wildman–Crippen MR) is 85.8 cm³/mol. The number of carbonyl (C=O) groups is 1. The molecule has 1 aromatic carbocycles. The summed E-state index contributed by atoms with van der Waals surface area (Å²) in [5, 5.41) is 24.1. The fourth-order valence-corrected chi connectivity index (χ4v) is 4.22. The van der Waals surface area contributed by atoms with Crippen LogP contribution in [0.1, 0.15) is 23.3 Å². The van der Waals surface area contributed by atoms with E-state index in [2.05, 4.69) is 10.3 Å². The Hall–Kier alpha value is -2.05. The highest BCUT2D eigenvalue weighted by Gasteiger charge is 2.51. The van der Waals surface area contributed by atoms with E-state index >= 15 is 0 Å². The Bertz CT molecular complexity index is 795. The maximum Gasteiger partial charge on any atom is 0.269 e. The molecule has 0 radical (unpaired) electrons. The number of pyridine rings is 1. The normalized spacial score (nSPS) is 31.5. The van der Waals surface area contributed by atoms with Crippen LogP contribution in [0.25, 0.3) is 10.8 Å². The first kappa shape index (κ1) is 15.5. The second-order valence-corrected chi connectivity index (χ2v) is 6.91. The van der Waals surface area contributed by atoms with Crippen LogP contribution in [0.3, 0.4) is 0 Å². The Kier molecular flexibility index (Phi) is 3.73. The Balaban J connectivity index is 1.43. The third-order valence-electron chi connectivity index (χ3n) is 5.50. The van der Waals surface area contributed by atoms with Crippen LogP contribution >= 0.6 is 0 Å². The molecule has 2 aliphatic carbocycles. The van der Waals surface area contributed by atoms with E-state index in [-0.39, 0.29) is 35.2 Å². The van der Waals surface area contributed by atoms with E-state index in [1.54, 1.807) is 12.1 Å². The van der Waals surface area contributed by atoms with Gasteiger partial charge in [-0.05, 0) is 54.2 Å². The van der Waals surface area contributed by atoms with Gasteiger partial charge in [0.1, 0.15) is 11.5 Å². The quantitative estimate of drug-likeness (QED) is 0.796. The van der Waals surface area contributed by atoms with Crippen molar-refractivity contribution in [3.05, 3.63) is 42.0 Å². The Morgan fingerprint density at radius 1 is 1.21 bits per heavy atom. The number of aliphatic hydroxyl groups excluding tert-OH is 2. The van der Waals surface area contributed by atoms with E-state index in [1.807, 2.05) is 0 Å². The number of hydrogen-bond donors (Lipinski definition) is 3. The van der Waals surface area contributed by atoms with Crippen LogP contribution in [-0.2, 0) is 0 Å². The molecule has 1 aromatic heterocycles. The standard InChI is InChI=1S/C18H19FN2O3/c19-13-2-1-9-6-15(20-7-11(9)4-13)18(24)21-8-12-3-10-5-14(12)17(23)16(10)22/h1-2,4,6-7,10,12,14,16-17,22-23H,3,5,8H2,(H,21,24)/t10-,12-,14-,16+,17-/m1/s1. The predicted octanol–water partition coefficient (Wildman–Crippen LogP) is 1.48. The highest BCUT2D eigenvalue weighted by Crippen LogP contribution is 2.48. The van der Waals surface area contributed by atoms with Gasteiger partial charge in [0.25, 0.3) is 5.91 Å². The first-order chi connectivity index (χ1) is 11.5. The van der Waals surface area contributed by atoms with Gasteiger partial charge in [0.2, 0.25) is 0 Å². The summed E-state index contributed by atoms with van der Waals surface area (Å²) in [6.07, 6.45) is 1.84.